The van der Waals surface area contributed by atoms with E-state index in [1.165, 1.54) is 0 Å². The number of carbonyl (C=O) groups is 1. The molecule has 0 saturated carbocycles. The lowest BCUT2D eigenvalue weighted by Gasteiger charge is -2.07. The number of aryl methyl sites for hydroxylation is 1. The van der Waals surface area contributed by atoms with E-state index in [1.54, 1.807) is 0 Å². The van der Waals surface area contributed by atoms with Gasteiger partial charge in [-0.2, -0.15) is 0 Å². The van der Waals surface area contributed by atoms with Gasteiger partial charge in [-0.3, -0.25) is 4.79 Å². The zero-order valence-corrected chi connectivity index (χ0v) is 8.54. The number of carbonyl (C=O) groups excluding carboxylic acids is 1. The monoisotopic (exact) mass is 193 g/mol. The molecule has 0 fully saturated rings. The van der Waals surface area contributed by atoms with Crippen molar-refractivity contribution in [3.8, 4) is 0 Å². The normalized spacial score (nSPS) is 9.86. The number of amides is 1. The summed E-state index contributed by atoms with van der Waals surface area (Å²) in [6.45, 7) is 4.49. The van der Waals surface area contributed by atoms with Crippen LogP contribution in [0.5, 0.6) is 0 Å². The molecule has 1 rings (SSSR count). The van der Waals surface area contributed by atoms with Gasteiger partial charge in [0.2, 0.25) is 5.91 Å². The molecule has 0 aromatic heterocycles. The van der Waals surface area contributed by atoms with Crippen LogP contribution in [0, 0.1) is 6.92 Å². The first-order valence-electron chi connectivity index (χ1n) is 4.67. The van der Waals surface area contributed by atoms with E-state index >= 15 is 0 Å². The van der Waals surface area contributed by atoms with E-state index in [4.69, 9.17) is 4.74 Å². The van der Waals surface area contributed by atoms with Gasteiger partial charge < -0.3 is 10.1 Å². The number of para-hydroxylation sites is 1. The molecule has 0 atom stereocenters. The smallest absolute Gasteiger partial charge is 0.250 e. The average Bonchev–Trinajstić information content (AvgIpc) is 2.18. The van der Waals surface area contributed by atoms with E-state index in [-0.39, 0.29) is 12.5 Å². The molecular weight excluding hydrogens is 178 g/mol. The summed E-state index contributed by atoms with van der Waals surface area (Å²) >= 11 is 0. The minimum atomic E-state index is -0.110. The van der Waals surface area contributed by atoms with Crippen LogP contribution < -0.4 is 5.32 Å². The molecule has 14 heavy (non-hydrogen) atoms. The van der Waals surface area contributed by atoms with Crippen LogP contribution in [0.1, 0.15) is 12.5 Å². The molecule has 1 aromatic rings. The van der Waals surface area contributed by atoms with E-state index in [2.05, 4.69) is 5.32 Å². The van der Waals surface area contributed by atoms with Crippen LogP contribution in [0.3, 0.4) is 0 Å². The number of anilines is 1. The molecule has 0 heterocycles. The quantitative estimate of drug-likeness (QED) is 0.794. The van der Waals surface area contributed by atoms with Gasteiger partial charge in [0.05, 0.1) is 0 Å². The summed E-state index contributed by atoms with van der Waals surface area (Å²) in [5, 5.41) is 2.78. The van der Waals surface area contributed by atoms with Crippen molar-refractivity contribution in [1.29, 1.82) is 0 Å². The molecule has 1 aromatic carbocycles. The molecule has 0 saturated heterocycles. The Morgan fingerprint density at radius 1 is 1.43 bits per heavy atom. The number of rotatable bonds is 4. The molecule has 0 aliphatic carbocycles. The summed E-state index contributed by atoms with van der Waals surface area (Å²) in [6, 6.07) is 7.66. The fraction of sp³-hybridized carbons (Fsp3) is 0.364. The van der Waals surface area contributed by atoms with Crippen molar-refractivity contribution in [2.24, 2.45) is 0 Å². The average molecular weight is 193 g/mol. The standard InChI is InChI=1S/C11H15NO2/c1-3-14-8-11(13)12-10-7-5-4-6-9(10)2/h4-7H,3,8H2,1-2H3,(H,12,13). The first-order valence-corrected chi connectivity index (χ1v) is 4.67. The number of benzene rings is 1. The second-order valence-corrected chi connectivity index (χ2v) is 3.00. The Kier molecular flexibility index (Phi) is 4.13. The van der Waals surface area contributed by atoms with Crippen molar-refractivity contribution >= 4 is 11.6 Å². The fourth-order valence-electron chi connectivity index (χ4n) is 1.09. The molecule has 0 bridgehead atoms. The van der Waals surface area contributed by atoms with Crippen LogP contribution >= 0.6 is 0 Å². The molecular formula is C11H15NO2. The zero-order chi connectivity index (χ0) is 10.4. The first kappa shape index (κ1) is 10.7. The van der Waals surface area contributed by atoms with Crippen molar-refractivity contribution in [3.63, 3.8) is 0 Å². The SMILES string of the molecule is CCOCC(=O)Nc1ccccc1C. The Morgan fingerprint density at radius 2 is 2.14 bits per heavy atom. The predicted octanol–water partition coefficient (Wildman–Crippen LogP) is 1.97. The Balaban J connectivity index is 2.52. The van der Waals surface area contributed by atoms with Gasteiger partial charge in [0.1, 0.15) is 6.61 Å². The molecule has 1 amide bonds. The Morgan fingerprint density at radius 3 is 2.79 bits per heavy atom. The van der Waals surface area contributed by atoms with E-state index < -0.39 is 0 Å². The van der Waals surface area contributed by atoms with Gasteiger partial charge in [-0.15, -0.1) is 0 Å². The molecule has 0 radical (unpaired) electrons. The third kappa shape index (κ3) is 3.18. The summed E-state index contributed by atoms with van der Waals surface area (Å²) in [7, 11) is 0. The summed E-state index contributed by atoms with van der Waals surface area (Å²) in [5.41, 5.74) is 1.90. The summed E-state index contributed by atoms with van der Waals surface area (Å²) in [5.74, 6) is -0.110. The second kappa shape index (κ2) is 5.40. The molecule has 0 aliphatic heterocycles. The Labute approximate surface area is 84.1 Å². The topological polar surface area (TPSA) is 38.3 Å². The van der Waals surface area contributed by atoms with Crippen molar-refractivity contribution in [1.82, 2.24) is 0 Å². The Hall–Kier alpha value is -1.35. The summed E-state index contributed by atoms with van der Waals surface area (Å²) < 4.78 is 5.00. The minimum absolute atomic E-state index is 0.110. The van der Waals surface area contributed by atoms with Gasteiger partial charge in [0.15, 0.2) is 0 Å². The molecule has 1 N–H and O–H groups in total. The van der Waals surface area contributed by atoms with Crippen LogP contribution in [0.2, 0.25) is 0 Å². The van der Waals surface area contributed by atoms with Gasteiger partial charge in [-0.25, -0.2) is 0 Å². The van der Waals surface area contributed by atoms with Crippen molar-refractivity contribution < 1.29 is 9.53 Å². The van der Waals surface area contributed by atoms with E-state index in [0.29, 0.717) is 6.61 Å². The lowest BCUT2D eigenvalue weighted by atomic mass is 10.2. The maximum atomic E-state index is 11.3. The lowest BCUT2D eigenvalue weighted by Crippen LogP contribution is -2.18. The molecule has 0 spiro atoms. The summed E-state index contributed by atoms with van der Waals surface area (Å²) in [6.07, 6.45) is 0. The van der Waals surface area contributed by atoms with Crippen LogP contribution in [0.4, 0.5) is 5.69 Å². The van der Waals surface area contributed by atoms with E-state index in [1.807, 2.05) is 38.1 Å². The maximum absolute atomic E-state index is 11.3. The molecule has 0 unspecified atom stereocenters. The van der Waals surface area contributed by atoms with E-state index in [9.17, 15) is 4.79 Å². The van der Waals surface area contributed by atoms with Gasteiger partial charge >= 0.3 is 0 Å². The van der Waals surface area contributed by atoms with Crippen LogP contribution in [-0.2, 0) is 9.53 Å². The third-order valence-electron chi connectivity index (χ3n) is 1.86. The third-order valence-corrected chi connectivity index (χ3v) is 1.86. The van der Waals surface area contributed by atoms with Gasteiger partial charge in [0.25, 0.3) is 0 Å². The van der Waals surface area contributed by atoms with Gasteiger partial charge in [0, 0.05) is 12.3 Å². The lowest BCUT2D eigenvalue weighted by molar-refractivity contribution is -0.120. The number of ether oxygens (including phenoxy) is 1. The number of hydrogen-bond acceptors (Lipinski definition) is 2. The molecule has 76 valence electrons. The largest absolute Gasteiger partial charge is 0.372 e. The van der Waals surface area contributed by atoms with Crippen LogP contribution in [0.15, 0.2) is 24.3 Å². The molecule has 3 nitrogen and oxygen atoms in total. The molecule has 0 aliphatic rings. The maximum Gasteiger partial charge on any atom is 0.250 e. The number of hydrogen-bond donors (Lipinski definition) is 1. The highest BCUT2D eigenvalue weighted by Crippen LogP contribution is 2.12. The predicted molar refractivity (Wildman–Crippen MR) is 56.3 cm³/mol. The van der Waals surface area contributed by atoms with Gasteiger partial charge in [-0.05, 0) is 25.5 Å². The first-order chi connectivity index (χ1) is 6.74. The highest BCUT2D eigenvalue weighted by atomic mass is 16.5. The minimum Gasteiger partial charge on any atom is -0.372 e. The Bertz CT molecular complexity index is 310. The molecule has 3 heteroatoms. The summed E-state index contributed by atoms with van der Waals surface area (Å²) in [4.78, 5) is 11.3. The fourth-order valence-corrected chi connectivity index (χ4v) is 1.09. The van der Waals surface area contributed by atoms with Crippen LogP contribution in [-0.4, -0.2) is 19.1 Å². The van der Waals surface area contributed by atoms with Crippen LogP contribution in [0.25, 0.3) is 0 Å². The highest BCUT2D eigenvalue weighted by Gasteiger charge is 2.02. The zero-order valence-electron chi connectivity index (χ0n) is 8.54. The van der Waals surface area contributed by atoms with Crippen molar-refractivity contribution in [2.75, 3.05) is 18.5 Å². The highest BCUT2D eigenvalue weighted by molar-refractivity contribution is 5.92. The number of nitrogens with one attached hydrogen (secondary N) is 1. The van der Waals surface area contributed by atoms with Gasteiger partial charge in [-0.1, -0.05) is 18.2 Å². The van der Waals surface area contributed by atoms with E-state index in [0.717, 1.165) is 11.3 Å². The van der Waals surface area contributed by atoms with Crippen molar-refractivity contribution in [3.05, 3.63) is 29.8 Å². The van der Waals surface area contributed by atoms with Crippen molar-refractivity contribution in [2.45, 2.75) is 13.8 Å². The second-order valence-electron chi connectivity index (χ2n) is 3.00.